The number of aliphatic hydroxyl groups is 1. The zero-order chi connectivity index (χ0) is 16.7. The van der Waals surface area contributed by atoms with E-state index in [0.717, 1.165) is 0 Å². The number of aliphatic hydroxyl groups excluding tert-OH is 1. The lowest BCUT2D eigenvalue weighted by Crippen LogP contribution is -2.32. The van der Waals surface area contributed by atoms with Gasteiger partial charge < -0.3 is 20.5 Å². The highest BCUT2D eigenvalue weighted by Crippen LogP contribution is 2.17. The molecule has 1 aromatic carbocycles. The van der Waals surface area contributed by atoms with Crippen LogP contribution in [-0.2, 0) is 11.3 Å². The van der Waals surface area contributed by atoms with Crippen molar-refractivity contribution in [2.75, 3.05) is 25.6 Å². The highest BCUT2D eigenvalue weighted by Gasteiger charge is 2.10. The number of nitrogens with one attached hydrogen (secondary N) is 2. The molecule has 8 heteroatoms. The van der Waals surface area contributed by atoms with E-state index in [1.54, 1.807) is 48.5 Å². The van der Waals surface area contributed by atoms with Crippen molar-refractivity contribution in [3.05, 3.63) is 47.2 Å². The third kappa shape index (κ3) is 5.55. The monoisotopic (exact) mass is 338 g/mol. The van der Waals surface area contributed by atoms with Crippen LogP contribution in [-0.4, -0.2) is 41.2 Å². The normalized spacial score (nSPS) is 12.0. The number of halogens is 1. The molecule has 0 fully saturated rings. The number of nitrogens with zero attached hydrogens (tertiary/aromatic N) is 2. The maximum absolute atomic E-state index is 11.8. The van der Waals surface area contributed by atoms with Crippen LogP contribution in [0.15, 0.2) is 36.7 Å². The number of carbonyl (C=O) groups is 1. The van der Waals surface area contributed by atoms with Gasteiger partial charge in [-0.15, -0.1) is 0 Å². The first-order chi connectivity index (χ1) is 11.1. The summed E-state index contributed by atoms with van der Waals surface area (Å²) in [4.78, 5) is 11.8. The summed E-state index contributed by atoms with van der Waals surface area (Å²) in [5, 5.41) is 19.9. The van der Waals surface area contributed by atoms with Crippen molar-refractivity contribution in [2.24, 2.45) is 0 Å². The van der Waals surface area contributed by atoms with Crippen LogP contribution in [0.1, 0.15) is 11.7 Å². The molecule has 0 saturated carbocycles. The maximum Gasteiger partial charge on any atom is 0.319 e. The van der Waals surface area contributed by atoms with Crippen LogP contribution in [0.5, 0.6) is 0 Å². The first kappa shape index (κ1) is 17.3. The number of aromatic nitrogens is 2. The van der Waals surface area contributed by atoms with Gasteiger partial charge in [0.2, 0.25) is 0 Å². The number of hydrogen-bond donors (Lipinski definition) is 3. The van der Waals surface area contributed by atoms with E-state index in [0.29, 0.717) is 29.4 Å². The minimum absolute atomic E-state index is 0.0734. The minimum atomic E-state index is -0.830. The van der Waals surface area contributed by atoms with Crippen molar-refractivity contribution in [3.63, 3.8) is 0 Å². The second kappa shape index (κ2) is 8.52. The van der Waals surface area contributed by atoms with Crippen LogP contribution in [0.2, 0.25) is 5.02 Å². The molecule has 2 aromatic rings. The largest absolute Gasteiger partial charge is 0.387 e. The summed E-state index contributed by atoms with van der Waals surface area (Å²) in [5.74, 6) is 0. The van der Waals surface area contributed by atoms with Gasteiger partial charge in [0.25, 0.3) is 0 Å². The molecule has 1 heterocycles. The highest BCUT2D eigenvalue weighted by molar-refractivity contribution is 6.30. The van der Waals surface area contributed by atoms with Gasteiger partial charge in [-0.2, -0.15) is 5.10 Å². The number of urea groups is 1. The lowest BCUT2D eigenvalue weighted by atomic mass is 10.1. The van der Waals surface area contributed by atoms with Crippen molar-refractivity contribution < 1.29 is 14.6 Å². The molecular formula is C15H19ClN4O3. The van der Waals surface area contributed by atoms with Crippen LogP contribution in [0, 0.1) is 0 Å². The van der Waals surface area contributed by atoms with Crippen LogP contribution in [0.3, 0.4) is 0 Å². The molecule has 23 heavy (non-hydrogen) atoms. The predicted octanol–water partition coefficient (Wildman–Crippen LogP) is 2.04. The Hall–Kier alpha value is -2.09. The minimum Gasteiger partial charge on any atom is -0.387 e. The summed E-state index contributed by atoms with van der Waals surface area (Å²) in [7, 11) is 1.61. The molecule has 1 atom stereocenters. The molecule has 2 rings (SSSR count). The summed E-state index contributed by atoms with van der Waals surface area (Å²) >= 11 is 5.87. The Labute approximate surface area is 139 Å². The molecular weight excluding hydrogens is 320 g/mol. The molecule has 0 saturated heterocycles. The molecule has 0 radical (unpaired) electrons. The van der Waals surface area contributed by atoms with E-state index in [4.69, 9.17) is 16.3 Å². The van der Waals surface area contributed by atoms with Crippen LogP contribution in [0.25, 0.3) is 0 Å². The Balaban J connectivity index is 1.79. The van der Waals surface area contributed by atoms with Gasteiger partial charge in [0.1, 0.15) is 0 Å². The van der Waals surface area contributed by atoms with Gasteiger partial charge in [0.05, 0.1) is 31.1 Å². The van der Waals surface area contributed by atoms with E-state index in [9.17, 15) is 9.90 Å². The average molecular weight is 339 g/mol. The third-order valence-corrected chi connectivity index (χ3v) is 3.34. The van der Waals surface area contributed by atoms with Gasteiger partial charge in [0.15, 0.2) is 0 Å². The van der Waals surface area contributed by atoms with Crippen LogP contribution < -0.4 is 10.6 Å². The lowest BCUT2D eigenvalue weighted by molar-refractivity contribution is 0.175. The molecule has 124 valence electrons. The maximum atomic E-state index is 11.8. The average Bonchev–Trinajstić information content (AvgIpc) is 2.98. The Morgan fingerprint density at radius 2 is 2.35 bits per heavy atom. The van der Waals surface area contributed by atoms with E-state index in [-0.39, 0.29) is 6.54 Å². The number of benzene rings is 1. The van der Waals surface area contributed by atoms with Crippen molar-refractivity contribution in [2.45, 2.75) is 12.6 Å². The summed E-state index contributed by atoms with van der Waals surface area (Å²) in [6.07, 6.45) is 2.41. The summed E-state index contributed by atoms with van der Waals surface area (Å²) in [6.45, 7) is 1.22. The number of anilines is 1. The van der Waals surface area contributed by atoms with Gasteiger partial charge in [-0.05, 0) is 17.7 Å². The van der Waals surface area contributed by atoms with E-state index in [2.05, 4.69) is 15.7 Å². The SMILES string of the molecule is COCCn1cc(NC(=O)NCC(O)c2cccc(Cl)c2)cn1. The molecule has 0 bridgehead atoms. The number of methoxy groups -OCH3 is 1. The predicted molar refractivity (Wildman–Crippen MR) is 87.5 cm³/mol. The van der Waals surface area contributed by atoms with Gasteiger partial charge in [-0.1, -0.05) is 23.7 Å². The quantitative estimate of drug-likeness (QED) is 0.720. The van der Waals surface area contributed by atoms with Crippen molar-refractivity contribution in [3.8, 4) is 0 Å². The zero-order valence-electron chi connectivity index (χ0n) is 12.7. The smallest absolute Gasteiger partial charge is 0.319 e. The summed E-state index contributed by atoms with van der Waals surface area (Å²) < 4.78 is 6.62. The van der Waals surface area contributed by atoms with Gasteiger partial charge in [-0.3, -0.25) is 4.68 Å². The van der Waals surface area contributed by atoms with Crippen LogP contribution >= 0.6 is 11.6 Å². The molecule has 1 unspecified atom stereocenters. The number of carbonyl (C=O) groups excluding carboxylic acids is 1. The number of ether oxygens (including phenoxy) is 1. The Bertz CT molecular complexity index is 647. The number of hydrogen-bond acceptors (Lipinski definition) is 4. The van der Waals surface area contributed by atoms with Gasteiger partial charge >= 0.3 is 6.03 Å². The van der Waals surface area contributed by atoms with Crippen molar-refractivity contribution >= 4 is 23.3 Å². The Morgan fingerprint density at radius 1 is 1.52 bits per heavy atom. The fourth-order valence-electron chi connectivity index (χ4n) is 1.93. The van der Waals surface area contributed by atoms with Gasteiger partial charge in [-0.25, -0.2) is 4.79 Å². The molecule has 2 amide bonds. The third-order valence-electron chi connectivity index (χ3n) is 3.11. The fourth-order valence-corrected chi connectivity index (χ4v) is 2.13. The molecule has 3 N–H and O–H groups in total. The first-order valence-corrected chi connectivity index (χ1v) is 7.46. The van der Waals surface area contributed by atoms with Gasteiger partial charge in [0, 0.05) is 24.9 Å². The fraction of sp³-hybridized carbons (Fsp3) is 0.333. The molecule has 0 aliphatic carbocycles. The van der Waals surface area contributed by atoms with E-state index < -0.39 is 12.1 Å². The van der Waals surface area contributed by atoms with Crippen LogP contribution in [0.4, 0.5) is 10.5 Å². The second-order valence-corrected chi connectivity index (χ2v) is 5.33. The standard InChI is InChI=1S/C15H19ClN4O3/c1-23-6-5-20-10-13(8-18-20)19-15(22)17-9-14(21)11-3-2-4-12(16)7-11/h2-4,7-8,10,14,21H,5-6,9H2,1H3,(H2,17,19,22). The number of amides is 2. The molecule has 0 aliphatic rings. The van der Waals surface area contributed by atoms with E-state index in [1.165, 1.54) is 0 Å². The summed E-state index contributed by atoms with van der Waals surface area (Å²) in [5.41, 5.74) is 1.21. The number of rotatable bonds is 7. The lowest BCUT2D eigenvalue weighted by Gasteiger charge is -2.12. The topological polar surface area (TPSA) is 88.4 Å². The highest BCUT2D eigenvalue weighted by atomic mass is 35.5. The zero-order valence-corrected chi connectivity index (χ0v) is 13.5. The van der Waals surface area contributed by atoms with Crippen molar-refractivity contribution in [1.29, 1.82) is 0 Å². The molecule has 0 aliphatic heterocycles. The van der Waals surface area contributed by atoms with E-state index >= 15 is 0 Å². The summed E-state index contributed by atoms with van der Waals surface area (Å²) in [6, 6.07) is 6.45. The van der Waals surface area contributed by atoms with E-state index in [1.807, 2.05) is 0 Å². The van der Waals surface area contributed by atoms with Crippen molar-refractivity contribution in [1.82, 2.24) is 15.1 Å². The first-order valence-electron chi connectivity index (χ1n) is 7.08. The molecule has 0 spiro atoms. The Morgan fingerprint density at radius 3 is 3.09 bits per heavy atom. The molecule has 1 aromatic heterocycles. The Kier molecular flexibility index (Phi) is 6.40. The molecule has 7 nitrogen and oxygen atoms in total. The second-order valence-electron chi connectivity index (χ2n) is 4.89.